The molecule has 0 radical (unpaired) electrons. The van der Waals surface area contributed by atoms with Crippen LogP contribution in [0, 0.1) is 13.8 Å². The number of hydrazine groups is 1. The number of nitrogens with one attached hydrogen (secondary N) is 2. The number of halogens is 1. The lowest BCUT2D eigenvalue weighted by Gasteiger charge is -2.12. The van der Waals surface area contributed by atoms with E-state index in [0.29, 0.717) is 28.1 Å². The molecule has 0 fully saturated rings. The average molecular weight is 435 g/mol. The van der Waals surface area contributed by atoms with Crippen LogP contribution in [0.4, 0.5) is 0 Å². The van der Waals surface area contributed by atoms with Crippen molar-refractivity contribution in [1.82, 2.24) is 10.9 Å². The van der Waals surface area contributed by atoms with Gasteiger partial charge in [0.1, 0.15) is 11.5 Å². The summed E-state index contributed by atoms with van der Waals surface area (Å²) < 4.78 is 11.7. The molecular formula is C20H23BrN2O4. The van der Waals surface area contributed by atoms with E-state index in [1.54, 1.807) is 18.2 Å². The van der Waals surface area contributed by atoms with Gasteiger partial charge in [0.05, 0.1) is 11.1 Å². The molecule has 2 aromatic carbocycles. The van der Waals surface area contributed by atoms with Gasteiger partial charge >= 0.3 is 0 Å². The van der Waals surface area contributed by atoms with Gasteiger partial charge < -0.3 is 9.47 Å². The zero-order valence-corrected chi connectivity index (χ0v) is 17.2. The Labute approximate surface area is 167 Å². The highest BCUT2D eigenvalue weighted by Gasteiger charge is 2.11. The number of hydrogen-bond acceptors (Lipinski definition) is 4. The molecule has 0 unspecified atom stereocenters. The van der Waals surface area contributed by atoms with E-state index in [4.69, 9.17) is 9.47 Å². The molecule has 0 spiro atoms. The molecule has 144 valence electrons. The molecule has 0 aliphatic heterocycles. The first-order chi connectivity index (χ1) is 12.9. The summed E-state index contributed by atoms with van der Waals surface area (Å²) in [7, 11) is 0. The summed E-state index contributed by atoms with van der Waals surface area (Å²) in [5.74, 6) is 0.413. The number of carbonyl (C=O) groups excluding carboxylic acids is 2. The fourth-order valence-corrected chi connectivity index (χ4v) is 2.80. The minimum absolute atomic E-state index is 0.197. The molecule has 2 amide bonds. The minimum atomic E-state index is -0.453. The van der Waals surface area contributed by atoms with E-state index in [9.17, 15) is 9.59 Å². The van der Waals surface area contributed by atoms with Gasteiger partial charge in [0.2, 0.25) is 0 Å². The second-order valence-electron chi connectivity index (χ2n) is 6.05. The fraction of sp³-hybridized carbons (Fsp3) is 0.300. The molecule has 0 aliphatic carbocycles. The largest absolute Gasteiger partial charge is 0.492 e. The Morgan fingerprint density at radius 2 is 1.74 bits per heavy atom. The Morgan fingerprint density at radius 3 is 2.41 bits per heavy atom. The maximum Gasteiger partial charge on any atom is 0.276 e. The highest BCUT2D eigenvalue weighted by Crippen LogP contribution is 2.26. The molecule has 0 atom stereocenters. The van der Waals surface area contributed by atoms with Crippen LogP contribution in [0.2, 0.25) is 0 Å². The van der Waals surface area contributed by atoms with E-state index in [1.807, 2.05) is 39.0 Å². The van der Waals surface area contributed by atoms with Gasteiger partial charge in [-0.25, -0.2) is 0 Å². The van der Waals surface area contributed by atoms with Crippen molar-refractivity contribution in [1.29, 1.82) is 0 Å². The van der Waals surface area contributed by atoms with Crippen LogP contribution < -0.4 is 20.3 Å². The molecule has 2 aromatic rings. The molecular weight excluding hydrogens is 412 g/mol. The lowest BCUT2D eigenvalue weighted by molar-refractivity contribution is -0.123. The van der Waals surface area contributed by atoms with Crippen molar-refractivity contribution < 1.29 is 19.1 Å². The van der Waals surface area contributed by atoms with Crippen molar-refractivity contribution in [3.8, 4) is 11.5 Å². The predicted octanol–water partition coefficient (Wildman–Crippen LogP) is 3.69. The molecule has 27 heavy (non-hydrogen) atoms. The Balaban J connectivity index is 1.83. The number of hydrogen-bond donors (Lipinski definition) is 2. The molecule has 7 heteroatoms. The van der Waals surface area contributed by atoms with E-state index >= 15 is 0 Å². The van der Waals surface area contributed by atoms with Crippen LogP contribution in [-0.2, 0) is 4.79 Å². The summed E-state index contributed by atoms with van der Waals surface area (Å²) in [6.07, 6.45) is 0.894. The molecule has 0 saturated carbocycles. The SMILES string of the molecule is CCCOc1ccc(C(=O)NNC(=O)COc2ccc(C)cc2C)cc1Br. The molecule has 0 aromatic heterocycles. The third-order valence-corrected chi connectivity index (χ3v) is 4.28. The Hall–Kier alpha value is -2.54. The topological polar surface area (TPSA) is 76.7 Å². The summed E-state index contributed by atoms with van der Waals surface area (Å²) >= 11 is 3.38. The van der Waals surface area contributed by atoms with E-state index < -0.39 is 11.8 Å². The monoisotopic (exact) mass is 434 g/mol. The Morgan fingerprint density at radius 1 is 1.00 bits per heavy atom. The normalized spacial score (nSPS) is 10.2. The Kier molecular flexibility index (Phi) is 7.67. The number of amides is 2. The fourth-order valence-electron chi connectivity index (χ4n) is 2.31. The number of aryl methyl sites for hydroxylation is 2. The Bertz CT molecular complexity index is 824. The second-order valence-corrected chi connectivity index (χ2v) is 6.91. The van der Waals surface area contributed by atoms with Crippen molar-refractivity contribution in [2.45, 2.75) is 27.2 Å². The van der Waals surface area contributed by atoms with Crippen molar-refractivity contribution in [2.24, 2.45) is 0 Å². The van der Waals surface area contributed by atoms with Gasteiger partial charge in [-0.2, -0.15) is 0 Å². The van der Waals surface area contributed by atoms with E-state index in [1.165, 1.54) is 0 Å². The lowest BCUT2D eigenvalue weighted by Crippen LogP contribution is -2.43. The maximum atomic E-state index is 12.2. The number of benzene rings is 2. The third kappa shape index (κ3) is 6.29. The third-order valence-electron chi connectivity index (χ3n) is 3.66. The van der Waals surface area contributed by atoms with Gasteiger partial charge in [-0.3, -0.25) is 20.4 Å². The summed E-state index contributed by atoms with van der Waals surface area (Å²) in [6.45, 7) is 6.31. The molecule has 0 bridgehead atoms. The highest BCUT2D eigenvalue weighted by atomic mass is 79.9. The summed E-state index contributed by atoms with van der Waals surface area (Å²) in [5, 5.41) is 0. The van der Waals surface area contributed by atoms with E-state index in [0.717, 1.165) is 17.5 Å². The first-order valence-electron chi connectivity index (χ1n) is 8.62. The van der Waals surface area contributed by atoms with Gasteiger partial charge in [-0.1, -0.05) is 24.6 Å². The van der Waals surface area contributed by atoms with E-state index in [-0.39, 0.29) is 6.61 Å². The molecule has 0 aliphatic rings. The zero-order valence-electron chi connectivity index (χ0n) is 15.6. The number of rotatable bonds is 7. The van der Waals surface area contributed by atoms with Crippen LogP contribution in [0.3, 0.4) is 0 Å². The van der Waals surface area contributed by atoms with Crippen LogP contribution in [0.5, 0.6) is 11.5 Å². The minimum Gasteiger partial charge on any atom is -0.492 e. The molecule has 6 nitrogen and oxygen atoms in total. The van der Waals surface area contributed by atoms with Crippen LogP contribution in [0.1, 0.15) is 34.8 Å². The summed E-state index contributed by atoms with van der Waals surface area (Å²) in [6, 6.07) is 10.7. The smallest absolute Gasteiger partial charge is 0.276 e. The van der Waals surface area contributed by atoms with Crippen molar-refractivity contribution in [3.05, 3.63) is 57.6 Å². The molecule has 2 rings (SSSR count). The van der Waals surface area contributed by atoms with Crippen molar-refractivity contribution in [2.75, 3.05) is 13.2 Å². The van der Waals surface area contributed by atoms with Gasteiger partial charge in [-0.05, 0) is 66.0 Å². The average Bonchev–Trinajstić information content (AvgIpc) is 2.64. The number of ether oxygens (including phenoxy) is 2. The van der Waals surface area contributed by atoms with Crippen LogP contribution in [0.15, 0.2) is 40.9 Å². The van der Waals surface area contributed by atoms with Crippen molar-refractivity contribution >= 4 is 27.7 Å². The quantitative estimate of drug-likeness (QED) is 0.651. The van der Waals surface area contributed by atoms with Gasteiger partial charge in [-0.15, -0.1) is 0 Å². The van der Waals surface area contributed by atoms with Crippen molar-refractivity contribution in [3.63, 3.8) is 0 Å². The van der Waals surface area contributed by atoms with Crippen LogP contribution in [-0.4, -0.2) is 25.0 Å². The maximum absolute atomic E-state index is 12.2. The molecule has 0 heterocycles. The number of carbonyl (C=O) groups is 2. The predicted molar refractivity (Wildman–Crippen MR) is 107 cm³/mol. The van der Waals surface area contributed by atoms with Gasteiger partial charge in [0.25, 0.3) is 11.8 Å². The first-order valence-corrected chi connectivity index (χ1v) is 9.41. The first kappa shape index (κ1) is 20.8. The highest BCUT2D eigenvalue weighted by molar-refractivity contribution is 9.10. The molecule has 0 saturated heterocycles. The van der Waals surface area contributed by atoms with Gasteiger partial charge in [0.15, 0.2) is 6.61 Å². The van der Waals surface area contributed by atoms with Gasteiger partial charge in [0, 0.05) is 5.56 Å². The lowest BCUT2D eigenvalue weighted by atomic mass is 10.1. The van der Waals surface area contributed by atoms with E-state index in [2.05, 4.69) is 26.8 Å². The van der Waals surface area contributed by atoms with Crippen LogP contribution >= 0.6 is 15.9 Å². The second kappa shape index (κ2) is 9.97. The summed E-state index contributed by atoms with van der Waals surface area (Å²) in [4.78, 5) is 24.1. The van der Waals surface area contributed by atoms with Crippen LogP contribution in [0.25, 0.3) is 0 Å². The standard InChI is InChI=1S/C20H23BrN2O4/c1-4-9-26-18-8-6-15(11-16(18)21)20(25)23-22-19(24)12-27-17-7-5-13(2)10-14(17)3/h5-8,10-11H,4,9,12H2,1-3H3,(H,22,24)(H,23,25). The zero-order chi connectivity index (χ0) is 19.8. The molecule has 2 N–H and O–H groups in total. The summed E-state index contributed by atoms with van der Waals surface area (Å²) in [5.41, 5.74) is 7.16.